The number of rotatable bonds is 23. The highest BCUT2D eigenvalue weighted by molar-refractivity contribution is 7.59. The van der Waals surface area contributed by atoms with E-state index in [2.05, 4.69) is 82.1 Å². The van der Waals surface area contributed by atoms with Gasteiger partial charge in [0.1, 0.15) is 5.69 Å². The topological polar surface area (TPSA) is 330 Å². The van der Waals surface area contributed by atoms with Gasteiger partial charge in [0.05, 0.1) is 83.3 Å². The molecule has 9 heterocycles. The third kappa shape index (κ3) is 22.2. The second-order valence-electron chi connectivity index (χ2n) is 34.2. The molecule has 0 bridgehead atoms. The monoisotopic (exact) mass is 1780 g/mol. The molecule has 0 unspecified atom stereocenters. The van der Waals surface area contributed by atoms with Crippen LogP contribution in [-0.4, -0.2) is 202 Å². The van der Waals surface area contributed by atoms with E-state index in [0.717, 1.165) is 86.1 Å². The maximum atomic E-state index is 13.7. The molecule has 5 aliphatic rings. The van der Waals surface area contributed by atoms with E-state index in [1.165, 1.54) is 24.4 Å². The standard InChI is InChI=1S/C34H43N7O3.C31H37N7O3.C28H34N8O3.3H2S/c1-7-29(42)40-19-17-24(18-20-40)23-13-15-26(16-14-23)32(43)36-31-27-21-41(34(2,3)30(27)39(6)37-31)33(44)35-28(22-38(4)5)25-11-9-8-10-12-25;1-7-26(39)37-16-22-14-13-21(15-23(22)17-37)29(40)33-28-24-18-38(31(2,3)27(24)36(6)34-28)30(41)32-25(19-35(4)5)20-11-9-8-10-12-20;1-7-23(37)30-19-13-14-21(29-15-19)26(38)32-25-20-16-36(28(2,3)24(20)35(6)33-25)27(39)31-22(17-34(4)5)18-11-9-8-10-12-18;;;/h7-16,24,28H,1,17-22H2,2-6H3,(H,35,44)(H,36,37,43);7-15,25H,1,16-19H2,2-6H3,(H,32,41)(H,33,34,40);7-15,22H,1,16-17H2,2-6H3,(H,30,37)(H,31,39)(H,32,33,38);3*1H2/t28-;25-;22-;;;/m111.../s1. The summed E-state index contributed by atoms with van der Waals surface area (Å²) in [4.78, 5) is 135. The number of urea groups is 3. The van der Waals surface area contributed by atoms with Crippen molar-refractivity contribution in [1.29, 1.82) is 0 Å². The summed E-state index contributed by atoms with van der Waals surface area (Å²) in [7, 11) is 17.4. The lowest BCUT2D eigenvalue weighted by molar-refractivity contribution is -0.127. The summed E-state index contributed by atoms with van der Waals surface area (Å²) in [5.74, 6) is 0.101. The molecule has 9 aromatic rings. The molecule has 674 valence electrons. The van der Waals surface area contributed by atoms with Crippen LogP contribution in [0.3, 0.4) is 0 Å². The number of nitrogens with one attached hydrogen (secondary N) is 7. The predicted molar refractivity (Wildman–Crippen MR) is 508 cm³/mol. The van der Waals surface area contributed by atoms with E-state index in [-0.39, 0.29) is 118 Å². The maximum Gasteiger partial charge on any atom is 0.319 e. The first-order chi connectivity index (χ1) is 59.0. The van der Waals surface area contributed by atoms with Gasteiger partial charge in [-0.3, -0.25) is 42.8 Å². The summed E-state index contributed by atoms with van der Waals surface area (Å²) < 4.78 is 5.21. The lowest BCUT2D eigenvalue weighted by atomic mass is 9.89. The normalized spacial score (nSPS) is 15.4. The van der Waals surface area contributed by atoms with Crippen LogP contribution in [0.2, 0.25) is 0 Å². The molecule has 127 heavy (non-hydrogen) atoms. The number of carbonyl (C=O) groups is 9. The Morgan fingerprint density at radius 3 is 1.16 bits per heavy atom. The molecule has 31 nitrogen and oxygen atoms in total. The molecule has 1 fully saturated rings. The van der Waals surface area contributed by atoms with Crippen LogP contribution in [-0.2, 0) is 84.9 Å². The van der Waals surface area contributed by atoms with Crippen molar-refractivity contribution in [3.8, 4) is 0 Å². The van der Waals surface area contributed by atoms with Crippen LogP contribution in [0.15, 0.2) is 190 Å². The number of aromatic nitrogens is 7. The molecule has 4 aromatic heterocycles. The second kappa shape index (κ2) is 41.9. The van der Waals surface area contributed by atoms with Gasteiger partial charge in [0.15, 0.2) is 17.5 Å². The van der Waals surface area contributed by atoms with E-state index in [1.54, 1.807) is 47.9 Å². The molecule has 0 aliphatic carbocycles. The number of carbonyl (C=O) groups excluding carboxylic acids is 9. The maximum absolute atomic E-state index is 13.7. The highest BCUT2D eigenvalue weighted by atomic mass is 32.1. The zero-order valence-corrected chi connectivity index (χ0v) is 78.0. The second-order valence-corrected chi connectivity index (χ2v) is 34.2. The van der Waals surface area contributed by atoms with Gasteiger partial charge >= 0.3 is 18.1 Å². The first-order valence-corrected chi connectivity index (χ1v) is 41.4. The molecule has 7 N–H and O–H groups in total. The number of pyridine rings is 1. The summed E-state index contributed by atoms with van der Waals surface area (Å²) >= 11 is 0. The van der Waals surface area contributed by atoms with E-state index in [4.69, 9.17) is 0 Å². The van der Waals surface area contributed by atoms with E-state index in [9.17, 15) is 43.2 Å². The van der Waals surface area contributed by atoms with Crippen molar-refractivity contribution < 1.29 is 43.2 Å². The average molecular weight is 1790 g/mol. The van der Waals surface area contributed by atoms with E-state index < -0.39 is 22.5 Å². The number of anilines is 4. The number of hydrogen-bond donors (Lipinski definition) is 7. The van der Waals surface area contributed by atoms with Gasteiger partial charge in [-0.1, -0.05) is 129 Å². The Labute approximate surface area is 764 Å². The first kappa shape index (κ1) is 98.5. The van der Waals surface area contributed by atoms with Crippen molar-refractivity contribution >= 4 is 117 Å². The highest BCUT2D eigenvalue weighted by Crippen LogP contribution is 2.46. The number of piperidine rings is 1. The number of benzene rings is 5. The molecule has 0 spiro atoms. The summed E-state index contributed by atoms with van der Waals surface area (Å²) in [5, 5.41) is 34.8. The fourth-order valence-corrected chi connectivity index (χ4v) is 17.3. The minimum atomic E-state index is -0.674. The molecule has 5 aromatic carbocycles. The van der Waals surface area contributed by atoms with E-state index in [0.29, 0.717) is 99.1 Å². The van der Waals surface area contributed by atoms with Gasteiger partial charge in [-0.2, -0.15) is 55.8 Å². The summed E-state index contributed by atoms with van der Waals surface area (Å²) in [6.45, 7) is 27.7. The van der Waals surface area contributed by atoms with Crippen molar-refractivity contribution in [2.45, 2.75) is 128 Å². The minimum Gasteiger partial charge on any atom is -0.339 e. The van der Waals surface area contributed by atoms with Gasteiger partial charge < -0.3 is 76.4 Å². The van der Waals surface area contributed by atoms with Crippen LogP contribution in [0.25, 0.3) is 0 Å². The molecular weight excluding hydrogens is 1670 g/mol. The van der Waals surface area contributed by atoms with Crippen LogP contribution < -0.4 is 37.2 Å². The Bertz CT molecular complexity index is 5490. The lowest BCUT2D eigenvalue weighted by Gasteiger charge is -2.34. The van der Waals surface area contributed by atoms with Gasteiger partial charge in [0, 0.05) is 94.8 Å². The van der Waals surface area contributed by atoms with Gasteiger partial charge in [0.25, 0.3) is 17.7 Å². The first-order valence-electron chi connectivity index (χ1n) is 41.4. The molecule has 0 saturated carbocycles. The highest BCUT2D eigenvalue weighted by Gasteiger charge is 2.49. The van der Waals surface area contributed by atoms with E-state index >= 15 is 0 Å². The Balaban J connectivity index is 0.000000213. The van der Waals surface area contributed by atoms with Gasteiger partial charge in [-0.15, -0.1) is 0 Å². The zero-order valence-electron chi connectivity index (χ0n) is 75.0. The molecule has 5 aliphatic heterocycles. The van der Waals surface area contributed by atoms with Crippen LogP contribution in [0.1, 0.15) is 177 Å². The van der Waals surface area contributed by atoms with Crippen molar-refractivity contribution in [2.24, 2.45) is 21.1 Å². The number of amides is 12. The fourth-order valence-electron chi connectivity index (χ4n) is 17.3. The molecule has 3 atom stereocenters. The number of aryl methyl sites for hydroxylation is 3. The smallest absolute Gasteiger partial charge is 0.319 e. The minimum absolute atomic E-state index is 0. The zero-order chi connectivity index (χ0) is 89.4. The van der Waals surface area contributed by atoms with Crippen molar-refractivity contribution in [2.75, 3.05) is 96.3 Å². The number of hydrogen-bond acceptors (Lipinski definition) is 16. The lowest BCUT2D eigenvalue weighted by Crippen LogP contribution is -2.49. The average Bonchev–Trinajstić information content (AvgIpc) is 1.59. The van der Waals surface area contributed by atoms with Gasteiger partial charge in [-0.05, 0) is 191 Å². The molecule has 14 rings (SSSR count). The Kier molecular flexibility index (Phi) is 32.4. The van der Waals surface area contributed by atoms with Crippen LogP contribution in [0, 0.1) is 0 Å². The summed E-state index contributed by atoms with van der Waals surface area (Å²) in [5.41, 5.74) is 10.9. The molecule has 34 heteroatoms. The van der Waals surface area contributed by atoms with E-state index in [1.807, 2.05) is 245 Å². The molecule has 12 amide bonds. The number of fused-ring (bicyclic) bond motifs is 4. The number of nitrogens with zero attached hydrogens (tertiary/aromatic N) is 15. The fraction of sp³-hybridized carbons (Fsp3) is 0.366. The Morgan fingerprint density at radius 2 is 0.795 bits per heavy atom. The Hall–Kier alpha value is -12.3. The molecule has 0 radical (unpaired) electrons. The van der Waals surface area contributed by atoms with Gasteiger partial charge in [-0.25, -0.2) is 19.4 Å². The van der Waals surface area contributed by atoms with Crippen LogP contribution in [0.5, 0.6) is 0 Å². The van der Waals surface area contributed by atoms with Crippen LogP contribution >= 0.6 is 40.5 Å². The summed E-state index contributed by atoms with van der Waals surface area (Å²) in [6.07, 6.45) is 6.98. The van der Waals surface area contributed by atoms with Crippen LogP contribution in [0.4, 0.5) is 37.5 Å². The van der Waals surface area contributed by atoms with Gasteiger partial charge in [0.2, 0.25) is 17.7 Å². The van der Waals surface area contributed by atoms with Crippen molar-refractivity contribution in [3.63, 3.8) is 0 Å². The quantitative estimate of drug-likeness (QED) is 0.0293. The van der Waals surface area contributed by atoms with Crippen molar-refractivity contribution in [3.05, 3.63) is 274 Å². The number of likely N-dealkylation sites (tertiary alicyclic amines) is 1. The third-order valence-corrected chi connectivity index (χ3v) is 23.5. The Morgan fingerprint density at radius 1 is 0.433 bits per heavy atom. The summed E-state index contributed by atoms with van der Waals surface area (Å²) in [6, 6.07) is 44.9. The predicted octanol–water partition coefficient (Wildman–Crippen LogP) is 12.0. The largest absolute Gasteiger partial charge is 0.339 e. The third-order valence-electron chi connectivity index (χ3n) is 23.5. The van der Waals surface area contributed by atoms with Crippen molar-refractivity contribution in [1.82, 2.24) is 89.5 Å². The molecular formula is C93H120N22O9S3. The molecule has 1 saturated heterocycles. The SMILES string of the molecule is C=CC(=O)N1CCC(c2ccc(C(=O)Nc3nn(C)c4c3CN(C(=O)N[C@H](CN(C)C)c3ccccc3)C4(C)C)cc2)CC1.C=CC(=O)N1Cc2ccc(C(=O)Nc3nn(C)c4c3CN(C(=O)N[C@H](CN(C)C)c3ccccc3)C4(C)C)cc2C1.C=CC(=O)Nc1ccc(C(=O)Nc2nn(C)c3c2CN(C(=O)N[C@H](CN(C)C)c2ccccc2)C3(C)C)nc1.S.S.S. The number of likely N-dealkylation sites (N-methyl/N-ethyl adjacent to an activating group) is 3.